The SMILES string of the molecule is CC(=O)OC=Cc1ccccc1.c1cc[nH]c1. The quantitative estimate of drug-likeness (QED) is 0.634. The van der Waals surface area contributed by atoms with Gasteiger partial charge in [0.25, 0.3) is 0 Å². The molecule has 3 heteroatoms. The lowest BCUT2D eigenvalue weighted by Crippen LogP contribution is -1.88. The maximum atomic E-state index is 10.4. The summed E-state index contributed by atoms with van der Waals surface area (Å²) in [6.45, 7) is 1.37. The Kier molecular flexibility index (Phi) is 5.96. The zero-order valence-electron chi connectivity index (χ0n) is 9.67. The van der Waals surface area contributed by atoms with Crippen LogP contribution in [0.15, 0.2) is 61.1 Å². The Morgan fingerprint density at radius 2 is 1.76 bits per heavy atom. The summed E-state index contributed by atoms with van der Waals surface area (Å²) in [6, 6.07) is 13.5. The minimum absolute atomic E-state index is 0.304. The first-order chi connectivity index (χ1) is 8.29. The van der Waals surface area contributed by atoms with Crippen molar-refractivity contribution in [2.75, 3.05) is 0 Å². The molecule has 1 aromatic carbocycles. The number of ether oxygens (including phenoxy) is 1. The molecule has 0 unspecified atom stereocenters. The van der Waals surface area contributed by atoms with E-state index in [0.29, 0.717) is 0 Å². The molecule has 1 N–H and O–H groups in total. The second kappa shape index (κ2) is 7.93. The molecule has 2 rings (SSSR count). The largest absolute Gasteiger partial charge is 0.435 e. The molecule has 88 valence electrons. The Balaban J connectivity index is 0.000000239. The van der Waals surface area contributed by atoms with Crippen LogP contribution in [0.2, 0.25) is 0 Å². The Morgan fingerprint density at radius 3 is 2.24 bits per heavy atom. The van der Waals surface area contributed by atoms with E-state index < -0.39 is 0 Å². The summed E-state index contributed by atoms with van der Waals surface area (Å²) in [4.78, 5) is 13.2. The van der Waals surface area contributed by atoms with E-state index in [4.69, 9.17) is 0 Å². The van der Waals surface area contributed by atoms with Gasteiger partial charge in [0.2, 0.25) is 0 Å². The number of carbonyl (C=O) groups is 1. The lowest BCUT2D eigenvalue weighted by Gasteiger charge is -1.91. The van der Waals surface area contributed by atoms with Crippen LogP contribution in [0.1, 0.15) is 12.5 Å². The van der Waals surface area contributed by atoms with Gasteiger partial charge < -0.3 is 9.72 Å². The summed E-state index contributed by atoms with van der Waals surface area (Å²) in [7, 11) is 0. The zero-order valence-corrected chi connectivity index (χ0v) is 9.67. The highest BCUT2D eigenvalue weighted by molar-refractivity contribution is 5.67. The van der Waals surface area contributed by atoms with Crippen molar-refractivity contribution in [3.63, 3.8) is 0 Å². The van der Waals surface area contributed by atoms with Crippen molar-refractivity contribution in [1.29, 1.82) is 0 Å². The maximum Gasteiger partial charge on any atom is 0.307 e. The van der Waals surface area contributed by atoms with E-state index in [9.17, 15) is 4.79 Å². The van der Waals surface area contributed by atoms with E-state index in [2.05, 4.69) is 9.72 Å². The van der Waals surface area contributed by atoms with Crippen LogP contribution in [-0.2, 0) is 9.53 Å². The lowest BCUT2D eigenvalue weighted by atomic mass is 10.2. The molecule has 1 aromatic heterocycles. The van der Waals surface area contributed by atoms with Crippen LogP contribution in [-0.4, -0.2) is 11.0 Å². The summed E-state index contributed by atoms with van der Waals surface area (Å²) in [5.74, 6) is -0.304. The maximum absolute atomic E-state index is 10.4. The van der Waals surface area contributed by atoms with E-state index in [1.807, 2.05) is 54.9 Å². The van der Waals surface area contributed by atoms with Crippen molar-refractivity contribution in [2.45, 2.75) is 6.92 Å². The molecule has 0 aliphatic rings. The van der Waals surface area contributed by atoms with Gasteiger partial charge >= 0.3 is 5.97 Å². The average molecular weight is 229 g/mol. The topological polar surface area (TPSA) is 42.1 Å². The van der Waals surface area contributed by atoms with Gasteiger partial charge in [-0.05, 0) is 23.8 Å². The standard InChI is InChI=1S/C10H10O2.C4H5N/c1-9(11)12-8-7-10-5-3-2-4-6-10;1-2-4-5-3-1/h2-8H,1H3;1-5H. The van der Waals surface area contributed by atoms with E-state index in [1.54, 1.807) is 6.08 Å². The number of aromatic nitrogens is 1. The van der Waals surface area contributed by atoms with Crippen molar-refractivity contribution in [3.05, 3.63) is 66.7 Å². The van der Waals surface area contributed by atoms with Crippen LogP contribution >= 0.6 is 0 Å². The normalized spacial score (nSPS) is 9.47. The van der Waals surface area contributed by atoms with Crippen LogP contribution < -0.4 is 0 Å². The summed E-state index contributed by atoms with van der Waals surface area (Å²) < 4.78 is 4.63. The van der Waals surface area contributed by atoms with Crippen LogP contribution in [0.25, 0.3) is 6.08 Å². The smallest absolute Gasteiger partial charge is 0.307 e. The summed E-state index contributed by atoms with van der Waals surface area (Å²) in [5, 5.41) is 0. The first-order valence-electron chi connectivity index (χ1n) is 5.25. The third-order valence-corrected chi connectivity index (χ3v) is 1.79. The van der Waals surface area contributed by atoms with Crippen molar-refractivity contribution in [2.24, 2.45) is 0 Å². The summed E-state index contributed by atoms with van der Waals surface area (Å²) >= 11 is 0. The zero-order chi connectivity index (χ0) is 12.3. The number of aromatic amines is 1. The van der Waals surface area contributed by atoms with Crippen LogP contribution in [0.4, 0.5) is 0 Å². The molecule has 0 aliphatic carbocycles. The number of esters is 1. The molecule has 0 amide bonds. The Morgan fingerprint density at radius 1 is 1.12 bits per heavy atom. The number of rotatable bonds is 2. The van der Waals surface area contributed by atoms with Gasteiger partial charge in [-0.25, -0.2) is 0 Å². The van der Waals surface area contributed by atoms with Gasteiger partial charge in [0.05, 0.1) is 6.26 Å². The fourth-order valence-corrected chi connectivity index (χ4v) is 1.05. The molecule has 0 spiro atoms. The highest BCUT2D eigenvalue weighted by Crippen LogP contribution is 2.00. The molecule has 0 saturated heterocycles. The van der Waals surface area contributed by atoms with Gasteiger partial charge in [-0.15, -0.1) is 0 Å². The number of nitrogens with one attached hydrogen (secondary N) is 1. The number of benzene rings is 1. The number of hydrogen-bond acceptors (Lipinski definition) is 2. The highest BCUT2D eigenvalue weighted by atomic mass is 16.5. The molecule has 17 heavy (non-hydrogen) atoms. The minimum Gasteiger partial charge on any atom is -0.435 e. The van der Waals surface area contributed by atoms with Crippen LogP contribution in [0, 0.1) is 0 Å². The predicted octanol–water partition coefficient (Wildman–Crippen LogP) is 3.24. The highest BCUT2D eigenvalue weighted by Gasteiger charge is 1.85. The van der Waals surface area contributed by atoms with Crippen molar-refractivity contribution in [1.82, 2.24) is 4.98 Å². The Bertz CT molecular complexity index is 415. The van der Waals surface area contributed by atoms with Gasteiger partial charge in [0, 0.05) is 19.3 Å². The molecule has 3 nitrogen and oxygen atoms in total. The minimum atomic E-state index is -0.304. The Labute approximate surface area is 101 Å². The molecular formula is C14H15NO2. The van der Waals surface area contributed by atoms with Crippen molar-refractivity contribution in [3.8, 4) is 0 Å². The molecule has 0 aliphatic heterocycles. The third kappa shape index (κ3) is 6.73. The molecule has 0 atom stereocenters. The van der Waals surface area contributed by atoms with E-state index in [-0.39, 0.29) is 5.97 Å². The van der Waals surface area contributed by atoms with Crippen molar-refractivity contribution < 1.29 is 9.53 Å². The monoisotopic (exact) mass is 229 g/mol. The summed E-state index contributed by atoms with van der Waals surface area (Å²) in [5.41, 5.74) is 1.01. The Hall–Kier alpha value is -2.29. The van der Waals surface area contributed by atoms with Gasteiger partial charge in [0.15, 0.2) is 0 Å². The van der Waals surface area contributed by atoms with Crippen LogP contribution in [0.3, 0.4) is 0 Å². The molecule has 0 radical (unpaired) electrons. The summed E-state index contributed by atoms with van der Waals surface area (Å²) in [6.07, 6.45) is 6.87. The number of carbonyl (C=O) groups excluding carboxylic acids is 1. The van der Waals surface area contributed by atoms with E-state index in [0.717, 1.165) is 5.56 Å². The second-order valence-electron chi connectivity index (χ2n) is 3.21. The van der Waals surface area contributed by atoms with Crippen molar-refractivity contribution >= 4 is 12.0 Å². The van der Waals surface area contributed by atoms with Gasteiger partial charge in [0.1, 0.15) is 0 Å². The molecule has 1 heterocycles. The second-order valence-corrected chi connectivity index (χ2v) is 3.21. The lowest BCUT2D eigenvalue weighted by molar-refractivity contribution is -0.135. The third-order valence-electron chi connectivity index (χ3n) is 1.79. The molecule has 0 saturated carbocycles. The van der Waals surface area contributed by atoms with Gasteiger partial charge in [-0.1, -0.05) is 30.3 Å². The molecule has 0 bridgehead atoms. The fraction of sp³-hybridized carbons (Fsp3) is 0.0714. The first kappa shape index (κ1) is 12.8. The molecular weight excluding hydrogens is 214 g/mol. The first-order valence-corrected chi connectivity index (χ1v) is 5.25. The number of hydrogen-bond donors (Lipinski definition) is 1. The van der Waals surface area contributed by atoms with Gasteiger partial charge in [-0.3, -0.25) is 4.79 Å². The van der Waals surface area contributed by atoms with Gasteiger partial charge in [-0.2, -0.15) is 0 Å². The fourth-order valence-electron chi connectivity index (χ4n) is 1.05. The average Bonchev–Trinajstić information content (AvgIpc) is 2.88. The predicted molar refractivity (Wildman–Crippen MR) is 68.0 cm³/mol. The van der Waals surface area contributed by atoms with Crippen LogP contribution in [0.5, 0.6) is 0 Å². The van der Waals surface area contributed by atoms with E-state index >= 15 is 0 Å². The van der Waals surface area contributed by atoms with E-state index in [1.165, 1.54) is 13.2 Å². The number of H-pyrrole nitrogens is 1. The molecule has 0 fully saturated rings. The molecule has 2 aromatic rings.